The van der Waals surface area contributed by atoms with Gasteiger partial charge in [0.1, 0.15) is 0 Å². The van der Waals surface area contributed by atoms with Crippen molar-refractivity contribution < 1.29 is 22.7 Å². The summed E-state index contributed by atoms with van der Waals surface area (Å²) in [7, 11) is 1.19. The summed E-state index contributed by atoms with van der Waals surface area (Å²) in [6.07, 6.45) is -1.56. The Morgan fingerprint density at radius 1 is 1.33 bits per heavy atom. The molecule has 24 heavy (non-hydrogen) atoms. The van der Waals surface area contributed by atoms with E-state index >= 15 is 0 Å². The Kier molecular flexibility index (Phi) is 3.82. The zero-order valence-corrected chi connectivity index (χ0v) is 12.9. The van der Waals surface area contributed by atoms with Crippen molar-refractivity contribution >= 4 is 11.9 Å². The normalized spacial score (nSPS) is 17.3. The van der Waals surface area contributed by atoms with Crippen LogP contribution < -0.4 is 5.32 Å². The molecular weight excluding hydrogens is 323 g/mol. The van der Waals surface area contributed by atoms with Crippen LogP contribution in [0, 0.1) is 0 Å². The van der Waals surface area contributed by atoms with Gasteiger partial charge in [0, 0.05) is 18.1 Å². The number of aromatic nitrogens is 2. The molecule has 0 bridgehead atoms. The number of esters is 1. The number of imidazole rings is 1. The number of allylic oxidation sites excluding steroid dienone is 1. The molecule has 0 saturated heterocycles. The summed E-state index contributed by atoms with van der Waals surface area (Å²) in [5, 5.41) is 2.91. The minimum atomic E-state index is -4.54. The highest BCUT2D eigenvalue weighted by molar-refractivity contribution is 5.92. The predicted octanol–water partition coefficient (Wildman–Crippen LogP) is 3.36. The van der Waals surface area contributed by atoms with E-state index in [0.29, 0.717) is 11.6 Å². The first-order valence-corrected chi connectivity index (χ1v) is 7.09. The molecule has 0 radical (unpaired) electrons. The number of alkyl halides is 3. The number of carbonyl (C=O) groups excluding carboxylic acids is 1. The SMILES string of the molecule is COC(=O)C1=C(C)Nc2nccn2C1c1ccccc1C(F)(F)F. The fourth-order valence-corrected chi connectivity index (χ4v) is 2.87. The molecule has 0 fully saturated rings. The average molecular weight is 337 g/mol. The summed E-state index contributed by atoms with van der Waals surface area (Å²) in [5.74, 6) is -0.330. The lowest BCUT2D eigenvalue weighted by Crippen LogP contribution is -2.29. The number of nitrogens with zero attached hydrogens (tertiary/aromatic N) is 2. The Balaban J connectivity index is 2.27. The third kappa shape index (κ3) is 2.53. The van der Waals surface area contributed by atoms with Gasteiger partial charge >= 0.3 is 12.1 Å². The van der Waals surface area contributed by atoms with E-state index in [1.165, 1.54) is 42.3 Å². The van der Waals surface area contributed by atoms with E-state index in [2.05, 4.69) is 10.3 Å². The predicted molar refractivity (Wildman–Crippen MR) is 80.1 cm³/mol. The number of halogens is 3. The molecule has 2 heterocycles. The highest BCUT2D eigenvalue weighted by atomic mass is 19.4. The zero-order valence-electron chi connectivity index (χ0n) is 12.9. The summed E-state index contributed by atoms with van der Waals surface area (Å²) in [6.45, 7) is 1.60. The van der Waals surface area contributed by atoms with Crippen molar-refractivity contribution in [3.8, 4) is 0 Å². The Bertz CT molecular complexity index is 824. The fraction of sp³-hybridized carbons (Fsp3) is 0.250. The number of benzene rings is 1. The van der Waals surface area contributed by atoms with Gasteiger partial charge in [0.25, 0.3) is 0 Å². The lowest BCUT2D eigenvalue weighted by Gasteiger charge is -2.30. The van der Waals surface area contributed by atoms with Crippen molar-refractivity contribution in [2.24, 2.45) is 0 Å². The number of methoxy groups -OCH3 is 1. The first-order chi connectivity index (χ1) is 11.3. The van der Waals surface area contributed by atoms with E-state index in [1.54, 1.807) is 6.92 Å². The second-order valence-corrected chi connectivity index (χ2v) is 5.30. The van der Waals surface area contributed by atoms with Crippen LogP contribution >= 0.6 is 0 Å². The van der Waals surface area contributed by atoms with Crippen LogP contribution in [0.15, 0.2) is 47.9 Å². The molecular formula is C16H14F3N3O2. The number of carbonyl (C=O) groups is 1. The third-order valence-corrected chi connectivity index (χ3v) is 3.89. The number of ether oxygens (including phenoxy) is 1. The van der Waals surface area contributed by atoms with Gasteiger partial charge in [0.05, 0.1) is 24.3 Å². The molecule has 1 aromatic carbocycles. The smallest absolute Gasteiger partial charge is 0.416 e. The van der Waals surface area contributed by atoms with E-state index in [4.69, 9.17) is 4.74 Å². The van der Waals surface area contributed by atoms with Gasteiger partial charge in [-0.05, 0) is 18.6 Å². The number of fused-ring (bicyclic) bond motifs is 1. The molecule has 126 valence electrons. The topological polar surface area (TPSA) is 56.1 Å². The summed E-state index contributed by atoms with van der Waals surface area (Å²) >= 11 is 0. The van der Waals surface area contributed by atoms with E-state index in [1.807, 2.05) is 0 Å². The molecule has 1 aliphatic rings. The fourth-order valence-electron chi connectivity index (χ4n) is 2.87. The molecule has 1 aliphatic heterocycles. The van der Waals surface area contributed by atoms with Crippen LogP contribution in [-0.4, -0.2) is 22.6 Å². The number of nitrogens with one attached hydrogen (secondary N) is 1. The zero-order chi connectivity index (χ0) is 17.5. The van der Waals surface area contributed by atoms with Gasteiger partial charge in [-0.25, -0.2) is 9.78 Å². The van der Waals surface area contributed by atoms with Crippen LogP contribution in [0.1, 0.15) is 24.1 Å². The van der Waals surface area contributed by atoms with Crippen LogP contribution in [-0.2, 0) is 15.7 Å². The van der Waals surface area contributed by atoms with Gasteiger partial charge in [0.2, 0.25) is 5.95 Å². The molecule has 1 aromatic heterocycles. The van der Waals surface area contributed by atoms with Gasteiger partial charge in [-0.1, -0.05) is 18.2 Å². The monoisotopic (exact) mass is 337 g/mol. The maximum absolute atomic E-state index is 13.4. The molecule has 0 spiro atoms. The molecule has 0 amide bonds. The Hall–Kier alpha value is -2.77. The van der Waals surface area contributed by atoms with E-state index in [9.17, 15) is 18.0 Å². The van der Waals surface area contributed by atoms with E-state index in [0.717, 1.165) is 6.07 Å². The lowest BCUT2D eigenvalue weighted by atomic mass is 9.91. The molecule has 3 rings (SSSR count). The molecule has 1 unspecified atom stereocenters. The summed E-state index contributed by atoms with van der Waals surface area (Å²) in [5.41, 5.74) is -0.321. The molecule has 2 aromatic rings. The molecule has 1 atom stereocenters. The standard InChI is InChI=1S/C16H14F3N3O2/c1-9-12(14(23)24-2)13(22-8-7-20-15(22)21-9)10-5-3-4-6-11(10)16(17,18)19/h3-8,13H,1-2H3,(H,20,21). The first-order valence-electron chi connectivity index (χ1n) is 7.09. The highest BCUT2D eigenvalue weighted by Crippen LogP contribution is 2.41. The molecule has 5 nitrogen and oxygen atoms in total. The van der Waals surface area contributed by atoms with Crippen molar-refractivity contribution in [2.45, 2.75) is 19.1 Å². The molecule has 1 N–H and O–H groups in total. The van der Waals surface area contributed by atoms with E-state index in [-0.39, 0.29) is 11.1 Å². The maximum Gasteiger partial charge on any atom is 0.416 e. The van der Waals surface area contributed by atoms with Gasteiger partial charge in [-0.15, -0.1) is 0 Å². The van der Waals surface area contributed by atoms with Gasteiger partial charge < -0.3 is 14.6 Å². The largest absolute Gasteiger partial charge is 0.466 e. The summed E-state index contributed by atoms with van der Waals surface area (Å²) in [4.78, 5) is 16.3. The second-order valence-electron chi connectivity index (χ2n) is 5.30. The van der Waals surface area contributed by atoms with Crippen LogP contribution in [0.5, 0.6) is 0 Å². The molecule has 8 heteroatoms. The van der Waals surface area contributed by atoms with Crippen molar-refractivity contribution in [1.29, 1.82) is 0 Å². The second kappa shape index (κ2) is 5.70. The summed E-state index contributed by atoms with van der Waals surface area (Å²) < 4.78 is 46.6. The van der Waals surface area contributed by atoms with Crippen molar-refractivity contribution in [3.63, 3.8) is 0 Å². The Morgan fingerprint density at radius 3 is 2.71 bits per heavy atom. The molecule has 0 aliphatic carbocycles. The number of rotatable bonds is 2. The van der Waals surface area contributed by atoms with Crippen LogP contribution in [0.25, 0.3) is 0 Å². The quantitative estimate of drug-likeness (QED) is 0.854. The number of anilines is 1. The number of hydrogen-bond acceptors (Lipinski definition) is 4. The average Bonchev–Trinajstić information content (AvgIpc) is 2.99. The van der Waals surface area contributed by atoms with Crippen molar-refractivity contribution in [3.05, 3.63) is 59.1 Å². The summed E-state index contributed by atoms with van der Waals surface area (Å²) in [6, 6.07) is 4.20. The number of hydrogen-bond donors (Lipinski definition) is 1. The van der Waals surface area contributed by atoms with Gasteiger partial charge in [-0.3, -0.25) is 0 Å². The highest BCUT2D eigenvalue weighted by Gasteiger charge is 2.40. The Morgan fingerprint density at radius 2 is 2.04 bits per heavy atom. The molecule has 0 saturated carbocycles. The van der Waals surface area contributed by atoms with E-state index < -0.39 is 23.8 Å². The van der Waals surface area contributed by atoms with Crippen LogP contribution in [0.4, 0.5) is 19.1 Å². The van der Waals surface area contributed by atoms with Crippen LogP contribution in [0.3, 0.4) is 0 Å². The van der Waals surface area contributed by atoms with Crippen LogP contribution in [0.2, 0.25) is 0 Å². The van der Waals surface area contributed by atoms with Gasteiger partial charge in [-0.2, -0.15) is 13.2 Å². The maximum atomic E-state index is 13.4. The first kappa shape index (κ1) is 16.1. The van der Waals surface area contributed by atoms with Crippen molar-refractivity contribution in [2.75, 3.05) is 12.4 Å². The third-order valence-electron chi connectivity index (χ3n) is 3.89. The minimum absolute atomic E-state index is 0.0366. The van der Waals surface area contributed by atoms with Gasteiger partial charge in [0.15, 0.2) is 0 Å². The minimum Gasteiger partial charge on any atom is -0.466 e. The van der Waals surface area contributed by atoms with Crippen molar-refractivity contribution in [1.82, 2.24) is 9.55 Å². The Labute approximate surface area is 135 Å². The lowest BCUT2D eigenvalue weighted by molar-refractivity contribution is -0.139.